The lowest BCUT2D eigenvalue weighted by atomic mass is 10.1. The van der Waals surface area contributed by atoms with Gasteiger partial charge in [-0.15, -0.1) is 0 Å². The molecule has 0 radical (unpaired) electrons. The van der Waals surface area contributed by atoms with Crippen LogP contribution in [0.2, 0.25) is 0 Å². The molecule has 5 heteroatoms. The van der Waals surface area contributed by atoms with E-state index in [4.69, 9.17) is 9.84 Å². The van der Waals surface area contributed by atoms with Crippen molar-refractivity contribution in [1.29, 1.82) is 0 Å². The van der Waals surface area contributed by atoms with Gasteiger partial charge in [0.05, 0.1) is 5.56 Å². The minimum Gasteiger partial charge on any atom is -0.480 e. The number of benzene rings is 2. The van der Waals surface area contributed by atoms with Crippen LogP contribution in [0.15, 0.2) is 48.5 Å². The van der Waals surface area contributed by atoms with E-state index in [2.05, 4.69) is 5.32 Å². The van der Waals surface area contributed by atoms with Crippen molar-refractivity contribution in [2.24, 2.45) is 0 Å². The number of carbonyl (C=O) groups excluding carboxylic acids is 1. The second kappa shape index (κ2) is 8.87. The molecule has 1 amide bonds. The molecule has 2 aromatic carbocycles. The summed E-state index contributed by atoms with van der Waals surface area (Å²) in [5.74, 6) is -0.414. The number of nitrogens with one attached hydrogen (secondary N) is 1. The Bertz CT molecular complexity index is 742. The van der Waals surface area contributed by atoms with Gasteiger partial charge in [0.2, 0.25) is 0 Å². The van der Waals surface area contributed by atoms with Crippen LogP contribution in [0.3, 0.4) is 0 Å². The summed E-state index contributed by atoms with van der Waals surface area (Å²) in [5.41, 5.74) is 2.10. The molecule has 0 saturated heterocycles. The fourth-order valence-corrected chi connectivity index (χ4v) is 2.47. The fourth-order valence-electron chi connectivity index (χ4n) is 2.47. The second-order valence-corrected chi connectivity index (χ2v) is 5.83. The molecule has 2 N–H and O–H groups in total. The van der Waals surface area contributed by atoms with Crippen LogP contribution in [-0.2, 0) is 11.2 Å². The third-order valence-corrected chi connectivity index (χ3v) is 3.91. The average Bonchev–Trinajstić information content (AvgIpc) is 2.61. The maximum Gasteiger partial charge on any atom is 0.335 e. The van der Waals surface area contributed by atoms with Gasteiger partial charge in [0.15, 0.2) is 6.10 Å². The third-order valence-electron chi connectivity index (χ3n) is 3.91. The molecule has 0 spiro atoms. The Hall–Kier alpha value is -2.82. The van der Waals surface area contributed by atoms with E-state index in [1.165, 1.54) is 0 Å². The van der Waals surface area contributed by atoms with Gasteiger partial charge in [-0.3, -0.25) is 4.79 Å². The van der Waals surface area contributed by atoms with Crippen LogP contribution < -0.4 is 10.1 Å². The minimum absolute atomic E-state index is 0.167. The Morgan fingerprint density at radius 3 is 2.60 bits per heavy atom. The van der Waals surface area contributed by atoms with Gasteiger partial charge < -0.3 is 15.2 Å². The lowest BCUT2D eigenvalue weighted by Crippen LogP contribution is -2.39. The van der Waals surface area contributed by atoms with Crippen LogP contribution in [-0.4, -0.2) is 29.6 Å². The zero-order valence-corrected chi connectivity index (χ0v) is 14.5. The molecule has 0 aliphatic carbocycles. The summed E-state index contributed by atoms with van der Waals surface area (Å²) in [7, 11) is 0. The van der Waals surface area contributed by atoms with Crippen LogP contribution in [0.5, 0.6) is 5.75 Å². The molecule has 1 atom stereocenters. The number of aromatic carboxylic acids is 1. The van der Waals surface area contributed by atoms with E-state index < -0.39 is 12.1 Å². The summed E-state index contributed by atoms with van der Waals surface area (Å²) in [4.78, 5) is 23.3. The maximum absolute atomic E-state index is 12.3. The van der Waals surface area contributed by atoms with Crippen molar-refractivity contribution in [2.45, 2.75) is 32.8 Å². The molecular weight excluding hydrogens is 318 g/mol. The molecule has 2 aromatic rings. The molecule has 0 aliphatic heterocycles. The lowest BCUT2D eigenvalue weighted by molar-refractivity contribution is -0.128. The molecule has 5 nitrogen and oxygen atoms in total. The Labute approximate surface area is 147 Å². The monoisotopic (exact) mass is 341 g/mol. The highest BCUT2D eigenvalue weighted by molar-refractivity contribution is 5.87. The van der Waals surface area contributed by atoms with Crippen LogP contribution >= 0.6 is 0 Å². The van der Waals surface area contributed by atoms with Gasteiger partial charge in [0.1, 0.15) is 5.75 Å². The number of carbonyl (C=O) groups is 2. The van der Waals surface area contributed by atoms with Crippen LogP contribution in [0.4, 0.5) is 0 Å². The van der Waals surface area contributed by atoms with E-state index >= 15 is 0 Å². The van der Waals surface area contributed by atoms with Gasteiger partial charge >= 0.3 is 5.97 Å². The SMILES string of the molecule is CCC(Oc1ccccc1C)C(=O)NCCc1cccc(C(=O)O)c1. The normalized spacial score (nSPS) is 11.6. The van der Waals surface area contributed by atoms with Crippen LogP contribution in [0, 0.1) is 6.92 Å². The number of carboxylic acids is 1. The third kappa shape index (κ3) is 5.35. The van der Waals surface area contributed by atoms with Gasteiger partial charge in [0, 0.05) is 6.54 Å². The standard InChI is InChI=1S/C20H23NO4/c1-3-17(25-18-10-5-4-7-14(18)2)19(22)21-12-11-15-8-6-9-16(13-15)20(23)24/h4-10,13,17H,3,11-12H2,1-2H3,(H,21,22)(H,23,24). The number of hydrogen-bond acceptors (Lipinski definition) is 3. The van der Waals surface area contributed by atoms with Crippen molar-refractivity contribution in [1.82, 2.24) is 5.32 Å². The summed E-state index contributed by atoms with van der Waals surface area (Å²) in [6.07, 6.45) is 0.578. The summed E-state index contributed by atoms with van der Waals surface area (Å²) < 4.78 is 5.82. The number of carboxylic acid groups (broad SMARTS) is 1. The lowest BCUT2D eigenvalue weighted by Gasteiger charge is -2.18. The van der Waals surface area contributed by atoms with Crippen LogP contribution in [0.25, 0.3) is 0 Å². The molecule has 0 aliphatic rings. The van der Waals surface area contributed by atoms with E-state index in [0.29, 0.717) is 25.1 Å². The van der Waals surface area contributed by atoms with E-state index in [0.717, 1.165) is 11.1 Å². The highest BCUT2D eigenvalue weighted by atomic mass is 16.5. The smallest absolute Gasteiger partial charge is 0.335 e. The molecule has 25 heavy (non-hydrogen) atoms. The predicted molar refractivity (Wildman–Crippen MR) is 96.0 cm³/mol. The Balaban J connectivity index is 1.89. The van der Waals surface area contributed by atoms with E-state index in [1.807, 2.05) is 44.2 Å². The number of rotatable bonds is 8. The summed E-state index contributed by atoms with van der Waals surface area (Å²) in [6.45, 7) is 4.27. The molecule has 132 valence electrons. The van der Waals surface area contributed by atoms with E-state index in [-0.39, 0.29) is 11.5 Å². The number of hydrogen-bond donors (Lipinski definition) is 2. The van der Waals surface area contributed by atoms with Gasteiger partial charge in [-0.2, -0.15) is 0 Å². The molecule has 0 aromatic heterocycles. The molecule has 0 saturated carbocycles. The molecular formula is C20H23NO4. The van der Waals surface area contributed by atoms with Gasteiger partial charge in [-0.05, 0) is 49.1 Å². The quantitative estimate of drug-likeness (QED) is 0.773. The van der Waals surface area contributed by atoms with Crippen molar-refractivity contribution in [3.63, 3.8) is 0 Å². The molecule has 1 unspecified atom stereocenters. The van der Waals surface area contributed by atoms with Crippen molar-refractivity contribution in [3.05, 3.63) is 65.2 Å². The predicted octanol–water partition coefficient (Wildman–Crippen LogP) is 3.21. The average molecular weight is 341 g/mol. The van der Waals surface area contributed by atoms with Gasteiger partial charge in [0.25, 0.3) is 5.91 Å². The number of para-hydroxylation sites is 1. The summed E-state index contributed by atoms with van der Waals surface area (Å²) in [5, 5.41) is 11.9. The van der Waals surface area contributed by atoms with Gasteiger partial charge in [-0.25, -0.2) is 4.79 Å². The van der Waals surface area contributed by atoms with Crippen molar-refractivity contribution >= 4 is 11.9 Å². The maximum atomic E-state index is 12.3. The largest absolute Gasteiger partial charge is 0.480 e. The molecule has 2 rings (SSSR count). The first-order valence-electron chi connectivity index (χ1n) is 8.33. The first-order valence-corrected chi connectivity index (χ1v) is 8.33. The Morgan fingerprint density at radius 2 is 1.92 bits per heavy atom. The molecule has 0 fully saturated rings. The highest BCUT2D eigenvalue weighted by Gasteiger charge is 2.18. The van der Waals surface area contributed by atoms with E-state index in [1.54, 1.807) is 18.2 Å². The molecule has 0 heterocycles. The fraction of sp³-hybridized carbons (Fsp3) is 0.300. The Kier molecular flexibility index (Phi) is 6.57. The van der Waals surface area contributed by atoms with E-state index in [9.17, 15) is 9.59 Å². The minimum atomic E-state index is -0.955. The number of ether oxygens (including phenoxy) is 1. The Morgan fingerprint density at radius 1 is 1.16 bits per heavy atom. The molecule has 0 bridgehead atoms. The topological polar surface area (TPSA) is 75.6 Å². The second-order valence-electron chi connectivity index (χ2n) is 5.83. The summed E-state index contributed by atoms with van der Waals surface area (Å²) >= 11 is 0. The summed E-state index contributed by atoms with van der Waals surface area (Å²) in [6, 6.07) is 14.3. The van der Waals surface area contributed by atoms with Gasteiger partial charge in [-0.1, -0.05) is 37.3 Å². The first kappa shape index (κ1) is 18.5. The van der Waals surface area contributed by atoms with Crippen molar-refractivity contribution in [3.8, 4) is 5.75 Å². The highest BCUT2D eigenvalue weighted by Crippen LogP contribution is 2.18. The van der Waals surface area contributed by atoms with Crippen LogP contribution in [0.1, 0.15) is 34.8 Å². The van der Waals surface area contributed by atoms with Crippen molar-refractivity contribution in [2.75, 3.05) is 6.54 Å². The number of aryl methyl sites for hydroxylation is 1. The number of amides is 1. The zero-order chi connectivity index (χ0) is 18.2. The first-order chi connectivity index (χ1) is 12.0. The zero-order valence-electron chi connectivity index (χ0n) is 14.5. The van der Waals surface area contributed by atoms with Crippen molar-refractivity contribution < 1.29 is 19.4 Å².